The van der Waals surface area contributed by atoms with Crippen molar-refractivity contribution >= 4 is 12.0 Å². The molecule has 2 amide bonds. The van der Waals surface area contributed by atoms with E-state index in [1.807, 2.05) is 6.92 Å². The summed E-state index contributed by atoms with van der Waals surface area (Å²) in [6.07, 6.45) is 0.537. The largest absolute Gasteiger partial charge is 0.481 e. The lowest BCUT2D eigenvalue weighted by atomic mass is 9.99. The zero-order chi connectivity index (χ0) is 15.4. The Morgan fingerprint density at radius 2 is 2.19 bits per heavy atom. The fraction of sp³-hybridized carbons (Fsp3) is 0.467. The highest BCUT2D eigenvalue weighted by molar-refractivity contribution is 5.77. The first kappa shape index (κ1) is 15.3. The van der Waals surface area contributed by atoms with Gasteiger partial charge in [0.15, 0.2) is 0 Å². The van der Waals surface area contributed by atoms with Gasteiger partial charge in [0, 0.05) is 19.6 Å². The number of amides is 2. The van der Waals surface area contributed by atoms with Gasteiger partial charge in [-0.2, -0.15) is 0 Å². The topological polar surface area (TPSA) is 69.6 Å². The van der Waals surface area contributed by atoms with Crippen molar-refractivity contribution in [1.82, 2.24) is 10.2 Å². The summed E-state index contributed by atoms with van der Waals surface area (Å²) in [5.41, 5.74) is 0.813. The van der Waals surface area contributed by atoms with Crippen LogP contribution >= 0.6 is 0 Å². The van der Waals surface area contributed by atoms with Crippen LogP contribution in [0.15, 0.2) is 24.3 Å². The van der Waals surface area contributed by atoms with E-state index in [0.29, 0.717) is 19.5 Å². The van der Waals surface area contributed by atoms with Gasteiger partial charge in [0.05, 0.1) is 5.92 Å². The number of likely N-dealkylation sites (tertiary alicyclic amines) is 1. The molecule has 0 bridgehead atoms. The summed E-state index contributed by atoms with van der Waals surface area (Å²) in [5, 5.41) is 11.8. The van der Waals surface area contributed by atoms with Crippen molar-refractivity contribution in [2.45, 2.75) is 13.3 Å². The van der Waals surface area contributed by atoms with Crippen LogP contribution in [0.2, 0.25) is 0 Å². The molecule has 114 valence electrons. The number of hydrogen-bond acceptors (Lipinski definition) is 2. The van der Waals surface area contributed by atoms with Gasteiger partial charge in [0.25, 0.3) is 0 Å². The van der Waals surface area contributed by atoms with E-state index in [9.17, 15) is 14.0 Å². The SMILES string of the molecule is CC1CN(C(=O)NCCc2cccc(F)c2)CC1C(=O)O. The second-order valence-electron chi connectivity index (χ2n) is 5.44. The lowest BCUT2D eigenvalue weighted by molar-refractivity contribution is -0.142. The van der Waals surface area contributed by atoms with E-state index in [2.05, 4.69) is 5.32 Å². The van der Waals surface area contributed by atoms with Crippen molar-refractivity contribution in [3.05, 3.63) is 35.6 Å². The number of carboxylic acids is 1. The average Bonchev–Trinajstić information content (AvgIpc) is 2.81. The molecule has 1 fully saturated rings. The fourth-order valence-corrected chi connectivity index (χ4v) is 2.57. The summed E-state index contributed by atoms with van der Waals surface area (Å²) < 4.78 is 13.0. The Balaban J connectivity index is 1.79. The van der Waals surface area contributed by atoms with E-state index in [0.717, 1.165) is 5.56 Å². The Hall–Kier alpha value is -2.11. The van der Waals surface area contributed by atoms with Crippen LogP contribution in [0.4, 0.5) is 9.18 Å². The van der Waals surface area contributed by atoms with Crippen LogP contribution in [0.3, 0.4) is 0 Å². The lowest BCUT2D eigenvalue weighted by Gasteiger charge is -2.16. The molecule has 5 nitrogen and oxygen atoms in total. The van der Waals surface area contributed by atoms with Gasteiger partial charge < -0.3 is 15.3 Å². The third kappa shape index (κ3) is 3.93. The molecule has 0 spiro atoms. The zero-order valence-corrected chi connectivity index (χ0v) is 11.9. The first-order valence-corrected chi connectivity index (χ1v) is 6.97. The van der Waals surface area contributed by atoms with Crippen molar-refractivity contribution in [3.63, 3.8) is 0 Å². The fourth-order valence-electron chi connectivity index (χ4n) is 2.57. The number of nitrogens with one attached hydrogen (secondary N) is 1. The molecule has 2 rings (SSSR count). The van der Waals surface area contributed by atoms with E-state index in [1.54, 1.807) is 12.1 Å². The van der Waals surface area contributed by atoms with Gasteiger partial charge in [0.2, 0.25) is 0 Å². The quantitative estimate of drug-likeness (QED) is 0.888. The third-order valence-corrected chi connectivity index (χ3v) is 3.80. The van der Waals surface area contributed by atoms with E-state index in [4.69, 9.17) is 5.11 Å². The number of carbonyl (C=O) groups is 2. The van der Waals surface area contributed by atoms with E-state index >= 15 is 0 Å². The maximum atomic E-state index is 13.0. The van der Waals surface area contributed by atoms with Crippen molar-refractivity contribution < 1.29 is 19.1 Å². The second kappa shape index (κ2) is 6.56. The van der Waals surface area contributed by atoms with Gasteiger partial charge in [-0.1, -0.05) is 19.1 Å². The summed E-state index contributed by atoms with van der Waals surface area (Å²) >= 11 is 0. The molecular formula is C15H19FN2O3. The molecule has 1 aliphatic rings. The van der Waals surface area contributed by atoms with Crippen LogP contribution in [0.25, 0.3) is 0 Å². The Kier molecular flexibility index (Phi) is 4.77. The minimum Gasteiger partial charge on any atom is -0.481 e. The molecule has 2 atom stereocenters. The molecule has 21 heavy (non-hydrogen) atoms. The molecule has 0 aliphatic carbocycles. The summed E-state index contributed by atoms with van der Waals surface area (Å²) in [6.45, 7) is 2.91. The van der Waals surface area contributed by atoms with Crippen LogP contribution in [-0.2, 0) is 11.2 Å². The highest BCUT2D eigenvalue weighted by atomic mass is 19.1. The predicted octanol–water partition coefficient (Wildman–Crippen LogP) is 1.73. The van der Waals surface area contributed by atoms with Crippen molar-refractivity contribution in [3.8, 4) is 0 Å². The summed E-state index contributed by atoms with van der Waals surface area (Å²) in [4.78, 5) is 24.5. The first-order valence-electron chi connectivity index (χ1n) is 6.97. The molecule has 1 saturated heterocycles. The van der Waals surface area contributed by atoms with Crippen molar-refractivity contribution in [2.75, 3.05) is 19.6 Å². The smallest absolute Gasteiger partial charge is 0.317 e. The molecule has 0 saturated carbocycles. The van der Waals surface area contributed by atoms with Crippen molar-refractivity contribution in [1.29, 1.82) is 0 Å². The van der Waals surface area contributed by atoms with E-state index in [1.165, 1.54) is 17.0 Å². The number of hydrogen-bond donors (Lipinski definition) is 2. The van der Waals surface area contributed by atoms with Crippen LogP contribution in [-0.4, -0.2) is 41.6 Å². The highest BCUT2D eigenvalue weighted by Crippen LogP contribution is 2.22. The van der Waals surface area contributed by atoms with Gasteiger partial charge in [-0.25, -0.2) is 9.18 Å². The molecule has 1 aromatic rings. The van der Waals surface area contributed by atoms with Gasteiger partial charge >= 0.3 is 12.0 Å². The van der Waals surface area contributed by atoms with Crippen molar-refractivity contribution in [2.24, 2.45) is 11.8 Å². The Morgan fingerprint density at radius 1 is 1.43 bits per heavy atom. The summed E-state index contributed by atoms with van der Waals surface area (Å²) in [6, 6.07) is 5.98. The Bertz CT molecular complexity index is 535. The highest BCUT2D eigenvalue weighted by Gasteiger charge is 2.36. The zero-order valence-electron chi connectivity index (χ0n) is 11.9. The maximum absolute atomic E-state index is 13.0. The minimum absolute atomic E-state index is 0.0449. The first-order chi connectivity index (χ1) is 9.97. The molecule has 1 aliphatic heterocycles. The molecule has 0 radical (unpaired) electrons. The van der Waals surface area contributed by atoms with Crippen LogP contribution in [0, 0.1) is 17.7 Å². The number of urea groups is 1. The van der Waals surface area contributed by atoms with E-state index < -0.39 is 11.9 Å². The number of aliphatic carboxylic acids is 1. The van der Waals surface area contributed by atoms with Gasteiger partial charge in [-0.05, 0) is 30.0 Å². The normalized spacial score (nSPS) is 21.3. The van der Waals surface area contributed by atoms with Crippen LogP contribution in [0.5, 0.6) is 0 Å². The number of carbonyl (C=O) groups excluding carboxylic acids is 1. The molecule has 2 unspecified atom stereocenters. The molecular weight excluding hydrogens is 275 g/mol. The average molecular weight is 294 g/mol. The number of benzene rings is 1. The van der Waals surface area contributed by atoms with Gasteiger partial charge in [-0.3, -0.25) is 4.79 Å². The molecule has 6 heteroatoms. The number of halogens is 1. The third-order valence-electron chi connectivity index (χ3n) is 3.80. The Labute approximate surface area is 122 Å². The minimum atomic E-state index is -0.863. The van der Waals surface area contributed by atoms with Crippen LogP contribution in [0.1, 0.15) is 12.5 Å². The standard InChI is InChI=1S/C15H19FN2O3/c1-10-8-18(9-13(10)14(19)20)15(21)17-6-5-11-3-2-4-12(16)7-11/h2-4,7,10,13H,5-6,8-9H2,1H3,(H,17,21)(H,19,20). The summed E-state index contributed by atoms with van der Waals surface area (Å²) in [7, 11) is 0. The van der Waals surface area contributed by atoms with E-state index in [-0.39, 0.29) is 24.3 Å². The molecule has 1 aromatic carbocycles. The maximum Gasteiger partial charge on any atom is 0.317 e. The molecule has 0 aromatic heterocycles. The Morgan fingerprint density at radius 3 is 2.81 bits per heavy atom. The molecule has 2 N–H and O–H groups in total. The van der Waals surface area contributed by atoms with Gasteiger partial charge in [0.1, 0.15) is 5.82 Å². The monoisotopic (exact) mass is 294 g/mol. The molecule has 1 heterocycles. The number of carboxylic acid groups (broad SMARTS) is 1. The summed E-state index contributed by atoms with van der Waals surface area (Å²) in [5.74, 6) is -1.70. The predicted molar refractivity (Wildman–Crippen MR) is 75.4 cm³/mol. The lowest BCUT2D eigenvalue weighted by Crippen LogP contribution is -2.39. The number of nitrogens with zero attached hydrogens (tertiary/aromatic N) is 1. The number of rotatable bonds is 4. The van der Waals surface area contributed by atoms with Gasteiger partial charge in [-0.15, -0.1) is 0 Å². The van der Waals surface area contributed by atoms with Crippen LogP contribution < -0.4 is 5.32 Å². The second-order valence-corrected chi connectivity index (χ2v) is 5.44.